The van der Waals surface area contributed by atoms with Gasteiger partial charge in [0.1, 0.15) is 23.7 Å². The molecule has 0 aliphatic heterocycles. The first-order valence-corrected chi connectivity index (χ1v) is 13.6. The van der Waals surface area contributed by atoms with Gasteiger partial charge in [0.05, 0.1) is 12.5 Å². The van der Waals surface area contributed by atoms with Crippen LogP contribution in [0.4, 0.5) is 4.79 Å². The number of alkyl carbamates (subject to hydrolysis) is 1. The molecular weight excluding hydrogens is 542 g/mol. The standard InChI is InChI=1S/C30H41N5O7/c1-19(36)25(26(31)38)34-24(37)17-22(33-29(41)42-30(2,3)4)27(39)32-23(16-20-12-8-6-9-13-20)28(40)35(5)18-21-14-10-7-11-15-21/h6-15,19,22-23,25,36H,16-18H2,1-5H3,(H2,31,38)(H,32,39)(H,33,41)(H,34,37)/t19?,22?,23-,25?/m1/s1. The summed E-state index contributed by atoms with van der Waals surface area (Å²) in [5, 5.41) is 17.1. The second-order valence-corrected chi connectivity index (χ2v) is 11.0. The molecular formula is C30H41N5O7. The van der Waals surface area contributed by atoms with Crippen molar-refractivity contribution in [3.8, 4) is 0 Å². The molecule has 5 amide bonds. The number of benzene rings is 2. The number of hydrogen-bond donors (Lipinski definition) is 5. The topological polar surface area (TPSA) is 180 Å². The molecule has 0 aliphatic rings. The molecule has 0 saturated heterocycles. The van der Waals surface area contributed by atoms with Crippen LogP contribution in [-0.4, -0.2) is 76.6 Å². The van der Waals surface area contributed by atoms with Crippen molar-refractivity contribution in [2.75, 3.05) is 7.05 Å². The van der Waals surface area contributed by atoms with Gasteiger partial charge in [0.15, 0.2) is 0 Å². The molecule has 3 unspecified atom stereocenters. The van der Waals surface area contributed by atoms with Gasteiger partial charge < -0.3 is 36.4 Å². The van der Waals surface area contributed by atoms with E-state index in [-0.39, 0.29) is 18.9 Å². The quantitative estimate of drug-likeness (QED) is 0.233. The van der Waals surface area contributed by atoms with Crippen molar-refractivity contribution < 1.29 is 33.8 Å². The zero-order valence-electron chi connectivity index (χ0n) is 24.6. The van der Waals surface area contributed by atoms with Gasteiger partial charge >= 0.3 is 6.09 Å². The molecule has 6 N–H and O–H groups in total. The lowest BCUT2D eigenvalue weighted by Gasteiger charge is -2.28. The van der Waals surface area contributed by atoms with E-state index in [9.17, 15) is 29.1 Å². The lowest BCUT2D eigenvalue weighted by Crippen LogP contribution is -2.57. The first-order valence-electron chi connectivity index (χ1n) is 13.6. The van der Waals surface area contributed by atoms with Gasteiger partial charge in [-0.25, -0.2) is 4.79 Å². The molecule has 0 aliphatic carbocycles. The van der Waals surface area contributed by atoms with Crippen molar-refractivity contribution in [2.45, 2.75) is 76.9 Å². The highest BCUT2D eigenvalue weighted by Crippen LogP contribution is 2.11. The Kier molecular flexibility index (Phi) is 12.5. The van der Waals surface area contributed by atoms with Crippen LogP contribution >= 0.6 is 0 Å². The Morgan fingerprint density at radius 1 is 0.881 bits per heavy atom. The van der Waals surface area contributed by atoms with Gasteiger partial charge in [0, 0.05) is 20.0 Å². The minimum Gasteiger partial charge on any atom is -0.444 e. The Balaban J connectivity index is 2.30. The number of aliphatic hydroxyl groups excluding tert-OH is 1. The molecule has 0 spiro atoms. The summed E-state index contributed by atoms with van der Waals surface area (Å²) >= 11 is 0. The molecule has 0 fully saturated rings. The van der Waals surface area contributed by atoms with Crippen molar-refractivity contribution >= 4 is 29.7 Å². The van der Waals surface area contributed by atoms with E-state index in [1.807, 2.05) is 48.5 Å². The van der Waals surface area contributed by atoms with Crippen molar-refractivity contribution in [1.29, 1.82) is 0 Å². The second-order valence-electron chi connectivity index (χ2n) is 11.0. The number of carbonyl (C=O) groups is 5. The summed E-state index contributed by atoms with van der Waals surface area (Å²) in [6.07, 6.45) is -2.76. The van der Waals surface area contributed by atoms with Crippen LogP contribution in [0.1, 0.15) is 45.2 Å². The van der Waals surface area contributed by atoms with Gasteiger partial charge in [-0.1, -0.05) is 60.7 Å². The second kappa shape index (κ2) is 15.5. The maximum atomic E-state index is 13.6. The molecule has 12 nitrogen and oxygen atoms in total. The smallest absolute Gasteiger partial charge is 0.408 e. The Morgan fingerprint density at radius 2 is 1.43 bits per heavy atom. The average molecular weight is 584 g/mol. The van der Waals surface area contributed by atoms with E-state index >= 15 is 0 Å². The molecule has 42 heavy (non-hydrogen) atoms. The van der Waals surface area contributed by atoms with Crippen LogP contribution in [0.2, 0.25) is 0 Å². The Bertz CT molecular complexity index is 1220. The van der Waals surface area contributed by atoms with Crippen molar-refractivity contribution in [3.05, 3.63) is 71.8 Å². The molecule has 0 saturated carbocycles. The number of carbonyl (C=O) groups excluding carboxylic acids is 5. The number of nitrogens with one attached hydrogen (secondary N) is 3. The number of primary amides is 1. The van der Waals surface area contributed by atoms with Crippen molar-refractivity contribution in [3.63, 3.8) is 0 Å². The molecule has 0 aromatic heterocycles. The monoisotopic (exact) mass is 583 g/mol. The fraction of sp³-hybridized carbons (Fsp3) is 0.433. The summed E-state index contributed by atoms with van der Waals surface area (Å²) in [5.41, 5.74) is 6.03. The first kappa shape index (κ1) is 33.8. The van der Waals surface area contributed by atoms with E-state index in [0.29, 0.717) is 0 Å². The molecule has 0 bridgehead atoms. The predicted octanol–water partition coefficient (Wildman–Crippen LogP) is 1.01. The number of nitrogens with two attached hydrogens (primary N) is 1. The first-order chi connectivity index (χ1) is 19.7. The number of rotatable bonds is 13. The fourth-order valence-electron chi connectivity index (χ4n) is 4.03. The van der Waals surface area contributed by atoms with E-state index < -0.39 is 60.1 Å². The number of likely N-dealkylation sites (N-methyl/N-ethyl adjacent to an activating group) is 1. The summed E-state index contributed by atoms with van der Waals surface area (Å²) < 4.78 is 5.26. The van der Waals surface area contributed by atoms with Crippen LogP contribution in [0.25, 0.3) is 0 Å². The lowest BCUT2D eigenvalue weighted by molar-refractivity contribution is -0.137. The largest absolute Gasteiger partial charge is 0.444 e. The third-order valence-corrected chi connectivity index (χ3v) is 6.04. The normalized spacial score (nSPS) is 14.0. The van der Waals surface area contributed by atoms with Crippen molar-refractivity contribution in [1.82, 2.24) is 20.9 Å². The van der Waals surface area contributed by atoms with Crippen molar-refractivity contribution in [2.24, 2.45) is 5.73 Å². The van der Waals surface area contributed by atoms with Crippen LogP contribution in [0.15, 0.2) is 60.7 Å². The zero-order chi connectivity index (χ0) is 31.4. The van der Waals surface area contributed by atoms with Gasteiger partial charge in [-0.15, -0.1) is 0 Å². The Hall–Kier alpha value is -4.45. The molecule has 0 radical (unpaired) electrons. The molecule has 0 heterocycles. The highest BCUT2D eigenvalue weighted by molar-refractivity contribution is 5.95. The number of nitrogens with zero attached hydrogens (tertiary/aromatic N) is 1. The molecule has 12 heteroatoms. The van der Waals surface area contributed by atoms with Gasteiger partial charge in [0.25, 0.3) is 0 Å². The Morgan fingerprint density at radius 3 is 1.93 bits per heavy atom. The summed E-state index contributed by atoms with van der Waals surface area (Å²) in [4.78, 5) is 65.6. The molecule has 2 rings (SSSR count). The summed E-state index contributed by atoms with van der Waals surface area (Å²) in [5.74, 6) is -3.04. The van der Waals surface area contributed by atoms with Gasteiger partial charge in [-0.2, -0.15) is 0 Å². The highest BCUT2D eigenvalue weighted by atomic mass is 16.6. The van der Waals surface area contributed by atoms with Crippen LogP contribution in [0.5, 0.6) is 0 Å². The lowest BCUT2D eigenvalue weighted by atomic mass is 10.0. The SMILES string of the molecule is CC(O)C(NC(=O)CC(NC(=O)OC(C)(C)C)C(=O)N[C@H](Cc1ccccc1)C(=O)N(C)Cc1ccccc1)C(N)=O. The van der Waals surface area contributed by atoms with E-state index in [1.165, 1.54) is 11.8 Å². The van der Waals surface area contributed by atoms with E-state index in [4.69, 9.17) is 10.5 Å². The van der Waals surface area contributed by atoms with Crippen LogP contribution in [0.3, 0.4) is 0 Å². The van der Waals surface area contributed by atoms with Crippen LogP contribution < -0.4 is 21.7 Å². The number of aliphatic hydroxyl groups is 1. The Labute approximate surface area is 246 Å². The van der Waals surface area contributed by atoms with E-state index in [2.05, 4.69) is 16.0 Å². The minimum absolute atomic E-state index is 0.141. The molecule has 2 aromatic carbocycles. The third kappa shape index (κ3) is 11.6. The predicted molar refractivity (Wildman–Crippen MR) is 156 cm³/mol. The van der Waals surface area contributed by atoms with Gasteiger partial charge in [-0.3, -0.25) is 19.2 Å². The summed E-state index contributed by atoms with van der Waals surface area (Å²) in [7, 11) is 1.61. The van der Waals surface area contributed by atoms with Crippen LogP contribution in [-0.2, 0) is 36.9 Å². The number of ether oxygens (including phenoxy) is 1. The average Bonchev–Trinajstić information content (AvgIpc) is 2.90. The summed E-state index contributed by atoms with van der Waals surface area (Å²) in [6, 6.07) is 14.4. The third-order valence-electron chi connectivity index (χ3n) is 6.04. The molecule has 4 atom stereocenters. The highest BCUT2D eigenvalue weighted by Gasteiger charge is 2.32. The van der Waals surface area contributed by atoms with E-state index in [0.717, 1.165) is 11.1 Å². The number of amides is 5. The van der Waals surface area contributed by atoms with E-state index in [1.54, 1.807) is 40.0 Å². The minimum atomic E-state index is -1.49. The maximum Gasteiger partial charge on any atom is 0.408 e. The maximum absolute atomic E-state index is 13.6. The molecule has 228 valence electrons. The van der Waals surface area contributed by atoms with Gasteiger partial charge in [-0.05, 0) is 38.8 Å². The summed E-state index contributed by atoms with van der Waals surface area (Å²) in [6.45, 7) is 6.45. The zero-order valence-corrected chi connectivity index (χ0v) is 24.6. The van der Waals surface area contributed by atoms with Crippen LogP contribution in [0, 0.1) is 0 Å². The fourth-order valence-corrected chi connectivity index (χ4v) is 4.03. The number of hydrogen-bond acceptors (Lipinski definition) is 7. The molecule has 2 aromatic rings. The van der Waals surface area contributed by atoms with Gasteiger partial charge in [0.2, 0.25) is 23.6 Å².